The molecule has 0 spiro atoms. The molecule has 1 fully saturated rings. The highest BCUT2D eigenvalue weighted by atomic mass is 16.3. The molecule has 3 heteroatoms. The Hall–Kier alpha value is -1.38. The summed E-state index contributed by atoms with van der Waals surface area (Å²) in [6.07, 6.45) is 4.48. The number of hydrogen-bond donors (Lipinski definition) is 0. The first-order valence-corrected chi connectivity index (χ1v) is 5.77. The highest BCUT2D eigenvalue weighted by Crippen LogP contribution is 2.47. The second-order valence-corrected chi connectivity index (χ2v) is 5.10. The molecule has 1 aromatic heterocycles. The first-order chi connectivity index (χ1) is 7.63. The van der Waals surface area contributed by atoms with Crippen molar-refractivity contribution in [2.45, 2.75) is 32.6 Å². The lowest BCUT2D eigenvalue weighted by atomic mass is 9.59. The van der Waals surface area contributed by atoms with Crippen LogP contribution in [-0.4, -0.2) is 11.6 Å². The van der Waals surface area contributed by atoms with E-state index in [1.807, 2.05) is 13.0 Å². The van der Waals surface area contributed by atoms with Gasteiger partial charge in [-0.25, -0.2) is 0 Å². The number of rotatable bonds is 0. The Morgan fingerprint density at radius 1 is 1.44 bits per heavy atom. The van der Waals surface area contributed by atoms with Crippen LogP contribution < -0.4 is 0 Å². The molecule has 2 aliphatic rings. The Morgan fingerprint density at radius 3 is 3.06 bits per heavy atom. The molecular weight excluding hydrogens is 204 g/mol. The number of hydrogen-bond acceptors (Lipinski definition) is 3. The zero-order valence-electron chi connectivity index (χ0n) is 9.29. The van der Waals surface area contributed by atoms with Crippen LogP contribution in [0.25, 0.3) is 0 Å². The molecule has 0 amide bonds. The number of carbonyl (C=O) groups is 2. The van der Waals surface area contributed by atoms with Crippen LogP contribution in [0.1, 0.15) is 42.3 Å². The summed E-state index contributed by atoms with van der Waals surface area (Å²) in [4.78, 5) is 24.3. The SMILES string of the molecule is C[C@]12CCCC(=O)[C@@H]1Cc1ccoc1C2=O. The van der Waals surface area contributed by atoms with Crippen molar-refractivity contribution >= 4 is 11.6 Å². The molecule has 2 atom stereocenters. The normalized spacial score (nSPS) is 33.4. The van der Waals surface area contributed by atoms with E-state index in [4.69, 9.17) is 4.42 Å². The van der Waals surface area contributed by atoms with Gasteiger partial charge in [0.1, 0.15) is 5.78 Å². The molecule has 1 heterocycles. The lowest BCUT2D eigenvalue weighted by molar-refractivity contribution is -0.128. The lowest BCUT2D eigenvalue weighted by Gasteiger charge is -2.41. The van der Waals surface area contributed by atoms with E-state index >= 15 is 0 Å². The molecule has 84 valence electrons. The molecule has 0 unspecified atom stereocenters. The van der Waals surface area contributed by atoms with Gasteiger partial charge in [0.25, 0.3) is 0 Å². The van der Waals surface area contributed by atoms with Crippen LogP contribution in [0.4, 0.5) is 0 Å². The van der Waals surface area contributed by atoms with E-state index in [0.29, 0.717) is 18.6 Å². The van der Waals surface area contributed by atoms with Crippen molar-refractivity contribution in [2.75, 3.05) is 0 Å². The summed E-state index contributed by atoms with van der Waals surface area (Å²) in [5.74, 6) is 0.623. The molecule has 1 saturated carbocycles. The number of ketones is 2. The quantitative estimate of drug-likeness (QED) is 0.671. The summed E-state index contributed by atoms with van der Waals surface area (Å²) in [5.41, 5.74) is 0.392. The third-order valence-electron chi connectivity index (χ3n) is 4.17. The second kappa shape index (κ2) is 3.06. The highest BCUT2D eigenvalue weighted by Gasteiger charge is 2.51. The third-order valence-corrected chi connectivity index (χ3v) is 4.17. The molecule has 16 heavy (non-hydrogen) atoms. The Balaban J connectivity index is 2.13. The first kappa shape index (κ1) is 9.82. The van der Waals surface area contributed by atoms with Gasteiger partial charge in [0.15, 0.2) is 5.76 Å². The minimum atomic E-state index is -0.514. The smallest absolute Gasteiger partial charge is 0.204 e. The molecule has 0 saturated heterocycles. The van der Waals surface area contributed by atoms with Gasteiger partial charge >= 0.3 is 0 Å². The van der Waals surface area contributed by atoms with Crippen molar-refractivity contribution in [1.29, 1.82) is 0 Å². The maximum atomic E-state index is 12.3. The molecule has 0 bridgehead atoms. The average molecular weight is 218 g/mol. The third kappa shape index (κ3) is 1.09. The largest absolute Gasteiger partial charge is 0.461 e. The summed E-state index contributed by atoms with van der Waals surface area (Å²) in [7, 11) is 0. The van der Waals surface area contributed by atoms with Crippen LogP contribution in [0.5, 0.6) is 0 Å². The van der Waals surface area contributed by atoms with E-state index in [2.05, 4.69) is 0 Å². The molecule has 0 radical (unpaired) electrons. The van der Waals surface area contributed by atoms with Crippen molar-refractivity contribution in [3.05, 3.63) is 23.7 Å². The zero-order valence-corrected chi connectivity index (χ0v) is 9.29. The van der Waals surface area contributed by atoms with Gasteiger partial charge in [-0.2, -0.15) is 0 Å². The van der Waals surface area contributed by atoms with Crippen molar-refractivity contribution in [1.82, 2.24) is 0 Å². The van der Waals surface area contributed by atoms with Gasteiger partial charge in [-0.15, -0.1) is 0 Å². The van der Waals surface area contributed by atoms with Gasteiger partial charge in [0.2, 0.25) is 5.78 Å². The summed E-state index contributed by atoms with van der Waals surface area (Å²) in [6, 6.07) is 1.81. The van der Waals surface area contributed by atoms with E-state index < -0.39 is 5.41 Å². The van der Waals surface area contributed by atoms with Gasteiger partial charge in [0.05, 0.1) is 6.26 Å². The van der Waals surface area contributed by atoms with E-state index in [-0.39, 0.29) is 17.5 Å². The van der Waals surface area contributed by atoms with E-state index in [1.165, 1.54) is 0 Å². The van der Waals surface area contributed by atoms with E-state index in [1.54, 1.807) is 6.26 Å². The van der Waals surface area contributed by atoms with Gasteiger partial charge in [-0.1, -0.05) is 6.92 Å². The second-order valence-electron chi connectivity index (χ2n) is 5.10. The minimum absolute atomic E-state index is 0.0248. The number of carbonyl (C=O) groups excluding carboxylic acids is 2. The van der Waals surface area contributed by atoms with E-state index in [9.17, 15) is 9.59 Å². The van der Waals surface area contributed by atoms with Crippen LogP contribution in [-0.2, 0) is 11.2 Å². The van der Waals surface area contributed by atoms with Gasteiger partial charge in [0, 0.05) is 23.3 Å². The van der Waals surface area contributed by atoms with Crippen LogP contribution in [0.15, 0.2) is 16.7 Å². The number of furan rings is 1. The molecular formula is C13H14O3. The number of Topliss-reactive ketones (excluding diaryl/α,β-unsaturated/α-hetero) is 2. The van der Waals surface area contributed by atoms with Crippen molar-refractivity contribution in [2.24, 2.45) is 11.3 Å². The first-order valence-electron chi connectivity index (χ1n) is 5.77. The summed E-state index contributed by atoms with van der Waals surface area (Å²) >= 11 is 0. The van der Waals surface area contributed by atoms with Crippen LogP contribution in [0, 0.1) is 11.3 Å². The van der Waals surface area contributed by atoms with Crippen molar-refractivity contribution < 1.29 is 14.0 Å². The molecule has 1 aromatic rings. The van der Waals surface area contributed by atoms with Gasteiger partial charge in [-0.05, 0) is 25.3 Å². The topological polar surface area (TPSA) is 47.3 Å². The minimum Gasteiger partial charge on any atom is -0.461 e. The monoisotopic (exact) mass is 218 g/mol. The standard InChI is InChI=1S/C13H14O3/c1-13-5-2-3-10(14)9(13)7-8-4-6-16-11(8)12(13)15/h4,6,9H,2-3,5,7H2,1H3/t9-,13-/m0/s1. The summed E-state index contributed by atoms with van der Waals surface area (Å²) in [6.45, 7) is 1.92. The van der Waals surface area contributed by atoms with Crippen molar-refractivity contribution in [3.63, 3.8) is 0 Å². The molecule has 0 aliphatic heterocycles. The fourth-order valence-electron chi connectivity index (χ4n) is 3.12. The van der Waals surface area contributed by atoms with E-state index in [0.717, 1.165) is 18.4 Å². The zero-order chi connectivity index (χ0) is 11.3. The predicted molar refractivity (Wildman–Crippen MR) is 57.2 cm³/mol. The summed E-state index contributed by atoms with van der Waals surface area (Å²) in [5, 5.41) is 0. The van der Waals surface area contributed by atoms with Gasteiger partial charge in [-0.3, -0.25) is 9.59 Å². The van der Waals surface area contributed by atoms with Crippen LogP contribution >= 0.6 is 0 Å². The average Bonchev–Trinajstić information content (AvgIpc) is 2.70. The predicted octanol–water partition coefficient (Wildman–Crippen LogP) is 2.39. The molecule has 3 nitrogen and oxygen atoms in total. The van der Waals surface area contributed by atoms with Gasteiger partial charge < -0.3 is 4.42 Å². The summed E-state index contributed by atoms with van der Waals surface area (Å²) < 4.78 is 5.26. The fourth-order valence-corrected chi connectivity index (χ4v) is 3.12. The molecule has 3 rings (SSSR count). The Labute approximate surface area is 93.8 Å². The maximum Gasteiger partial charge on any atom is 0.204 e. The molecule has 0 aromatic carbocycles. The lowest BCUT2D eigenvalue weighted by Crippen LogP contribution is -2.47. The molecule has 2 aliphatic carbocycles. The van der Waals surface area contributed by atoms with Crippen LogP contribution in [0.3, 0.4) is 0 Å². The Bertz CT molecular complexity index is 471. The highest BCUT2D eigenvalue weighted by molar-refractivity contribution is 6.04. The fraction of sp³-hybridized carbons (Fsp3) is 0.538. The van der Waals surface area contributed by atoms with Crippen molar-refractivity contribution in [3.8, 4) is 0 Å². The Kier molecular flexibility index (Phi) is 1.88. The van der Waals surface area contributed by atoms with Crippen LogP contribution in [0.2, 0.25) is 0 Å². The maximum absolute atomic E-state index is 12.3. The number of fused-ring (bicyclic) bond motifs is 2. The molecule has 0 N–H and O–H groups in total. The Morgan fingerprint density at radius 2 is 2.25 bits per heavy atom.